The number of halogens is 1. The molecule has 0 nitrogen and oxygen atoms in total. The van der Waals surface area contributed by atoms with Crippen molar-refractivity contribution in [3.8, 4) is 0 Å². The van der Waals surface area contributed by atoms with Gasteiger partial charge in [-0.1, -0.05) is 15.9 Å². The monoisotopic (exact) mass is 174 g/mol. The minimum atomic E-state index is 1.07. The predicted molar refractivity (Wildman–Crippen MR) is 38.1 cm³/mol. The first-order valence-corrected chi connectivity index (χ1v) is 4.60. The highest BCUT2D eigenvalue weighted by Gasteiger charge is 2.46. The molecule has 0 aromatic rings. The summed E-state index contributed by atoms with van der Waals surface area (Å²) < 4.78 is 0. The fourth-order valence-electron chi connectivity index (χ4n) is 1.55. The minimum absolute atomic E-state index is 1.07. The van der Waals surface area contributed by atoms with Crippen LogP contribution in [0.25, 0.3) is 0 Å². The summed E-state index contributed by atoms with van der Waals surface area (Å²) in [7, 11) is 0. The largest absolute Gasteiger partial charge is 0.0925 e. The van der Waals surface area contributed by atoms with E-state index in [9.17, 15) is 0 Å². The van der Waals surface area contributed by atoms with E-state index in [1.165, 1.54) is 24.6 Å². The zero-order chi connectivity index (χ0) is 5.56. The third kappa shape index (κ3) is 0.812. The third-order valence-electron chi connectivity index (χ3n) is 2.40. The van der Waals surface area contributed by atoms with Gasteiger partial charge in [-0.2, -0.15) is 0 Å². The molecule has 0 heterocycles. The van der Waals surface area contributed by atoms with Gasteiger partial charge in [0.25, 0.3) is 0 Å². The zero-order valence-corrected chi connectivity index (χ0v) is 6.52. The minimum Gasteiger partial charge on any atom is -0.0925 e. The summed E-state index contributed by atoms with van der Waals surface area (Å²) in [5.74, 6) is 3.38. The van der Waals surface area contributed by atoms with Crippen LogP contribution in [-0.4, -0.2) is 5.33 Å². The van der Waals surface area contributed by atoms with E-state index in [2.05, 4.69) is 15.9 Å². The van der Waals surface area contributed by atoms with Crippen LogP contribution in [0.15, 0.2) is 0 Å². The number of rotatable bonds is 2. The second-order valence-corrected chi connectivity index (χ2v) is 3.80. The third-order valence-corrected chi connectivity index (χ3v) is 3.23. The first kappa shape index (κ1) is 5.28. The van der Waals surface area contributed by atoms with Crippen LogP contribution < -0.4 is 0 Å². The summed E-state index contributed by atoms with van der Waals surface area (Å²) in [4.78, 5) is 0. The van der Waals surface area contributed by atoms with Gasteiger partial charge in [0.2, 0.25) is 0 Å². The van der Waals surface area contributed by atoms with Crippen molar-refractivity contribution in [3.63, 3.8) is 0 Å². The van der Waals surface area contributed by atoms with Crippen LogP contribution in [0.1, 0.15) is 19.3 Å². The Morgan fingerprint density at radius 1 is 1.38 bits per heavy atom. The fourth-order valence-corrected chi connectivity index (χ4v) is 2.29. The molecule has 2 unspecified atom stereocenters. The lowest BCUT2D eigenvalue weighted by molar-refractivity contribution is 0.663. The topological polar surface area (TPSA) is 0 Å². The molecule has 0 N–H and O–H groups in total. The maximum absolute atomic E-state index is 3.51. The smallest absolute Gasteiger partial charge is 0.00625 e. The molecule has 2 rings (SSSR count). The molecule has 1 heteroatoms. The van der Waals surface area contributed by atoms with Crippen LogP contribution >= 0.6 is 15.9 Å². The van der Waals surface area contributed by atoms with Crippen molar-refractivity contribution in [3.05, 3.63) is 0 Å². The fraction of sp³-hybridized carbons (Fsp3) is 1.00. The Morgan fingerprint density at radius 2 is 2.12 bits per heavy atom. The Kier molecular flexibility index (Phi) is 1.14. The lowest BCUT2D eigenvalue weighted by Gasteiger charge is -1.87. The molecule has 0 aromatic heterocycles. The van der Waals surface area contributed by atoms with Crippen LogP contribution in [0.2, 0.25) is 0 Å². The molecule has 2 saturated carbocycles. The average Bonchev–Trinajstić information content (AvgIpc) is 2.62. The standard InChI is InChI=1S/C7H11Br/c8-4-6-3-7(6)5-1-2-5/h5-7H,1-4H2. The van der Waals surface area contributed by atoms with Gasteiger partial charge < -0.3 is 0 Å². The first-order valence-electron chi connectivity index (χ1n) is 3.48. The van der Waals surface area contributed by atoms with Crippen molar-refractivity contribution in [2.24, 2.45) is 17.8 Å². The van der Waals surface area contributed by atoms with E-state index < -0.39 is 0 Å². The lowest BCUT2D eigenvalue weighted by atomic mass is 10.2. The Labute approximate surface area is 58.8 Å². The van der Waals surface area contributed by atoms with Crippen molar-refractivity contribution in [1.82, 2.24) is 0 Å². The van der Waals surface area contributed by atoms with Gasteiger partial charge in [-0.15, -0.1) is 0 Å². The highest BCUT2D eigenvalue weighted by Crippen LogP contribution is 2.54. The summed E-state index contributed by atoms with van der Waals surface area (Å²) in [5, 5.41) is 1.26. The lowest BCUT2D eigenvalue weighted by Crippen LogP contribution is -1.83. The van der Waals surface area contributed by atoms with Gasteiger partial charge in [0, 0.05) is 5.33 Å². The summed E-state index contributed by atoms with van der Waals surface area (Å²) >= 11 is 3.51. The molecular weight excluding hydrogens is 164 g/mol. The second-order valence-electron chi connectivity index (χ2n) is 3.15. The van der Waals surface area contributed by atoms with Gasteiger partial charge in [0.15, 0.2) is 0 Å². The van der Waals surface area contributed by atoms with Gasteiger partial charge >= 0.3 is 0 Å². The Morgan fingerprint density at radius 3 is 2.50 bits per heavy atom. The maximum atomic E-state index is 3.51. The number of hydrogen-bond acceptors (Lipinski definition) is 0. The molecule has 0 amide bonds. The summed E-state index contributed by atoms with van der Waals surface area (Å²) in [6.07, 6.45) is 4.60. The van der Waals surface area contributed by atoms with E-state index in [4.69, 9.17) is 0 Å². The second kappa shape index (κ2) is 1.73. The molecule has 2 fully saturated rings. The number of alkyl halides is 1. The van der Waals surface area contributed by atoms with Crippen molar-refractivity contribution in [2.75, 3.05) is 5.33 Å². The Bertz CT molecular complexity index is 96.6. The molecule has 46 valence electrons. The van der Waals surface area contributed by atoms with Crippen molar-refractivity contribution < 1.29 is 0 Å². The first-order chi connectivity index (χ1) is 3.92. The van der Waals surface area contributed by atoms with E-state index in [1.54, 1.807) is 0 Å². The van der Waals surface area contributed by atoms with E-state index in [-0.39, 0.29) is 0 Å². The van der Waals surface area contributed by atoms with Gasteiger partial charge in [-0.3, -0.25) is 0 Å². The van der Waals surface area contributed by atoms with Crippen molar-refractivity contribution >= 4 is 15.9 Å². The molecule has 2 aliphatic rings. The maximum Gasteiger partial charge on any atom is 0.00625 e. The van der Waals surface area contributed by atoms with Crippen LogP contribution in [0.4, 0.5) is 0 Å². The van der Waals surface area contributed by atoms with E-state index in [1.807, 2.05) is 0 Å². The van der Waals surface area contributed by atoms with E-state index in [0.717, 1.165) is 17.8 Å². The van der Waals surface area contributed by atoms with Crippen LogP contribution in [0.5, 0.6) is 0 Å². The average molecular weight is 175 g/mol. The molecular formula is C7H11Br. The van der Waals surface area contributed by atoms with Crippen LogP contribution in [0, 0.1) is 17.8 Å². The molecule has 8 heavy (non-hydrogen) atoms. The zero-order valence-electron chi connectivity index (χ0n) is 4.94. The molecule has 0 radical (unpaired) electrons. The Hall–Kier alpha value is 0.480. The normalized spacial score (nSPS) is 44.6. The quantitative estimate of drug-likeness (QED) is 0.565. The van der Waals surface area contributed by atoms with Crippen molar-refractivity contribution in [1.29, 1.82) is 0 Å². The van der Waals surface area contributed by atoms with Gasteiger partial charge in [0.05, 0.1) is 0 Å². The highest BCUT2D eigenvalue weighted by atomic mass is 79.9. The summed E-state index contributed by atoms with van der Waals surface area (Å²) in [6, 6.07) is 0. The molecule has 0 bridgehead atoms. The van der Waals surface area contributed by atoms with Crippen molar-refractivity contribution in [2.45, 2.75) is 19.3 Å². The van der Waals surface area contributed by atoms with Gasteiger partial charge in [-0.05, 0) is 37.0 Å². The molecule has 0 saturated heterocycles. The van der Waals surface area contributed by atoms with Gasteiger partial charge in [0.1, 0.15) is 0 Å². The predicted octanol–water partition coefficient (Wildman–Crippen LogP) is 2.43. The van der Waals surface area contributed by atoms with Crippen LogP contribution in [0.3, 0.4) is 0 Å². The van der Waals surface area contributed by atoms with Crippen LogP contribution in [-0.2, 0) is 0 Å². The molecule has 0 aromatic carbocycles. The molecule has 2 aliphatic carbocycles. The van der Waals surface area contributed by atoms with Gasteiger partial charge in [-0.25, -0.2) is 0 Å². The van der Waals surface area contributed by atoms with E-state index in [0.29, 0.717) is 0 Å². The SMILES string of the molecule is BrCC1CC1C1CC1. The summed E-state index contributed by atoms with van der Waals surface area (Å²) in [6.45, 7) is 0. The molecule has 2 atom stereocenters. The van der Waals surface area contributed by atoms with E-state index >= 15 is 0 Å². The molecule has 0 spiro atoms. The summed E-state index contributed by atoms with van der Waals surface area (Å²) in [5.41, 5.74) is 0. The highest BCUT2D eigenvalue weighted by molar-refractivity contribution is 9.09. The number of hydrogen-bond donors (Lipinski definition) is 0. The molecule has 0 aliphatic heterocycles. The Balaban J connectivity index is 1.79.